The highest BCUT2D eigenvalue weighted by molar-refractivity contribution is 5.84. The summed E-state index contributed by atoms with van der Waals surface area (Å²) >= 11 is 0. The predicted molar refractivity (Wildman–Crippen MR) is 117 cm³/mol. The van der Waals surface area contributed by atoms with Crippen molar-refractivity contribution in [2.75, 3.05) is 0 Å². The van der Waals surface area contributed by atoms with E-state index < -0.39 is 29.6 Å². The Bertz CT molecular complexity index is 1020. The number of carbonyl (C=O) groups excluding carboxylic acids is 1. The molecule has 1 N–H and O–H groups in total. The predicted octanol–water partition coefficient (Wildman–Crippen LogP) is 4.60. The van der Waals surface area contributed by atoms with Crippen LogP contribution in [-0.2, 0) is 27.2 Å². The van der Waals surface area contributed by atoms with E-state index in [2.05, 4.69) is 12.1 Å². The van der Waals surface area contributed by atoms with Crippen molar-refractivity contribution in [3.8, 4) is 0 Å². The number of ether oxygens (including phenoxy) is 1. The van der Waals surface area contributed by atoms with Gasteiger partial charge >= 0.3 is 11.9 Å². The number of benzene rings is 3. The van der Waals surface area contributed by atoms with Crippen molar-refractivity contribution >= 4 is 11.9 Å². The fourth-order valence-corrected chi connectivity index (χ4v) is 5.37. The molecule has 0 amide bonds. The van der Waals surface area contributed by atoms with Gasteiger partial charge in [-0.05, 0) is 22.3 Å². The van der Waals surface area contributed by atoms with Gasteiger partial charge in [0.1, 0.15) is 6.10 Å². The molecule has 31 heavy (non-hydrogen) atoms. The zero-order valence-corrected chi connectivity index (χ0v) is 17.1. The SMILES string of the molecule is O=C(O)C1[C@@H](c2ccccc2)C(C(=O)OC2Cc3ccccc3C2)[C@@H]1c1ccccc1. The van der Waals surface area contributed by atoms with Crippen molar-refractivity contribution in [3.05, 3.63) is 107 Å². The van der Waals surface area contributed by atoms with Crippen molar-refractivity contribution in [1.82, 2.24) is 0 Å². The van der Waals surface area contributed by atoms with Gasteiger partial charge < -0.3 is 9.84 Å². The first-order chi connectivity index (χ1) is 15.1. The number of carboxylic acid groups (broad SMARTS) is 1. The average Bonchev–Trinajstić information content (AvgIpc) is 3.16. The summed E-state index contributed by atoms with van der Waals surface area (Å²) in [6.07, 6.45) is 1.23. The molecule has 0 aromatic heterocycles. The van der Waals surface area contributed by atoms with E-state index in [1.807, 2.05) is 72.8 Å². The Morgan fingerprint density at radius 1 is 0.677 bits per heavy atom. The molecular weight excluding hydrogens is 388 g/mol. The lowest BCUT2D eigenvalue weighted by molar-refractivity contribution is -0.167. The number of rotatable bonds is 5. The Balaban J connectivity index is 1.45. The molecule has 0 spiro atoms. The average molecular weight is 412 g/mol. The van der Waals surface area contributed by atoms with Gasteiger partial charge in [0.15, 0.2) is 0 Å². The maximum absolute atomic E-state index is 13.5. The zero-order chi connectivity index (χ0) is 21.4. The summed E-state index contributed by atoms with van der Waals surface area (Å²) < 4.78 is 6.00. The Morgan fingerprint density at radius 3 is 1.58 bits per heavy atom. The van der Waals surface area contributed by atoms with E-state index in [1.54, 1.807) is 0 Å². The molecule has 1 fully saturated rings. The molecule has 0 unspecified atom stereocenters. The molecule has 4 heteroatoms. The summed E-state index contributed by atoms with van der Waals surface area (Å²) in [5.74, 6) is -3.16. The molecule has 0 radical (unpaired) electrons. The van der Waals surface area contributed by atoms with Crippen molar-refractivity contribution in [2.24, 2.45) is 11.8 Å². The van der Waals surface area contributed by atoms with E-state index in [0.29, 0.717) is 12.8 Å². The maximum atomic E-state index is 13.5. The van der Waals surface area contributed by atoms with Crippen LogP contribution in [0.3, 0.4) is 0 Å². The lowest BCUT2D eigenvalue weighted by atomic mass is 9.52. The number of hydrogen-bond donors (Lipinski definition) is 1. The third kappa shape index (κ3) is 3.52. The quantitative estimate of drug-likeness (QED) is 0.623. The second-order valence-corrected chi connectivity index (χ2v) is 8.50. The summed E-state index contributed by atoms with van der Waals surface area (Å²) in [5, 5.41) is 10.0. The van der Waals surface area contributed by atoms with Crippen LogP contribution in [0.15, 0.2) is 84.9 Å². The first kappa shape index (κ1) is 19.6. The van der Waals surface area contributed by atoms with Gasteiger partial charge in [0.05, 0.1) is 11.8 Å². The van der Waals surface area contributed by atoms with Gasteiger partial charge in [0, 0.05) is 24.7 Å². The molecule has 0 bridgehead atoms. The van der Waals surface area contributed by atoms with E-state index >= 15 is 0 Å². The van der Waals surface area contributed by atoms with Crippen molar-refractivity contribution in [1.29, 1.82) is 0 Å². The van der Waals surface area contributed by atoms with Crippen LogP contribution in [0.5, 0.6) is 0 Å². The molecule has 1 saturated carbocycles. The molecule has 156 valence electrons. The van der Waals surface area contributed by atoms with Crippen molar-refractivity contribution in [2.45, 2.75) is 30.8 Å². The molecule has 5 rings (SSSR count). The molecule has 0 aliphatic heterocycles. The van der Waals surface area contributed by atoms with E-state index in [-0.39, 0.29) is 12.1 Å². The molecule has 3 aromatic rings. The smallest absolute Gasteiger partial charge is 0.310 e. The fourth-order valence-electron chi connectivity index (χ4n) is 5.37. The van der Waals surface area contributed by atoms with Crippen LogP contribution in [0.25, 0.3) is 0 Å². The second-order valence-electron chi connectivity index (χ2n) is 8.50. The number of carbonyl (C=O) groups is 2. The van der Waals surface area contributed by atoms with Crippen molar-refractivity contribution < 1.29 is 19.4 Å². The summed E-state index contributed by atoms with van der Waals surface area (Å²) in [6.45, 7) is 0. The van der Waals surface area contributed by atoms with Crippen LogP contribution in [0.1, 0.15) is 34.1 Å². The van der Waals surface area contributed by atoms with Gasteiger partial charge in [-0.1, -0.05) is 84.9 Å². The van der Waals surface area contributed by atoms with Crippen LogP contribution >= 0.6 is 0 Å². The van der Waals surface area contributed by atoms with E-state index in [1.165, 1.54) is 11.1 Å². The number of aliphatic carboxylic acids is 1. The minimum absolute atomic E-state index is 0.193. The Hall–Kier alpha value is -3.40. The third-order valence-electron chi connectivity index (χ3n) is 6.77. The van der Waals surface area contributed by atoms with E-state index in [9.17, 15) is 14.7 Å². The Labute approximate surface area is 181 Å². The molecule has 0 heterocycles. The first-order valence-electron chi connectivity index (χ1n) is 10.7. The van der Waals surface area contributed by atoms with Crippen LogP contribution in [0.4, 0.5) is 0 Å². The molecule has 0 saturated heterocycles. The third-order valence-corrected chi connectivity index (χ3v) is 6.77. The summed E-state index contributed by atoms with van der Waals surface area (Å²) in [4.78, 5) is 25.7. The molecule has 2 atom stereocenters. The summed E-state index contributed by atoms with van der Waals surface area (Å²) in [5.41, 5.74) is 4.19. The van der Waals surface area contributed by atoms with Gasteiger partial charge in [-0.3, -0.25) is 9.59 Å². The Morgan fingerprint density at radius 2 is 1.13 bits per heavy atom. The highest BCUT2D eigenvalue weighted by atomic mass is 16.5. The summed E-state index contributed by atoms with van der Waals surface area (Å²) in [7, 11) is 0. The minimum Gasteiger partial charge on any atom is -0.481 e. The fraction of sp³-hybridized carbons (Fsp3) is 0.259. The highest BCUT2D eigenvalue weighted by Gasteiger charge is 2.59. The summed E-state index contributed by atoms with van der Waals surface area (Å²) in [6, 6.07) is 27.2. The number of carboxylic acids is 1. The van der Waals surface area contributed by atoms with Gasteiger partial charge in [-0.2, -0.15) is 0 Å². The second kappa shape index (κ2) is 8.03. The van der Waals surface area contributed by atoms with Gasteiger partial charge in [0.2, 0.25) is 0 Å². The van der Waals surface area contributed by atoms with E-state index in [4.69, 9.17) is 4.74 Å². The van der Waals surface area contributed by atoms with Gasteiger partial charge in [-0.25, -0.2) is 0 Å². The van der Waals surface area contributed by atoms with Crippen LogP contribution in [0.2, 0.25) is 0 Å². The lowest BCUT2D eigenvalue weighted by Crippen LogP contribution is -2.52. The molecule has 3 aromatic carbocycles. The van der Waals surface area contributed by atoms with E-state index in [0.717, 1.165) is 11.1 Å². The normalized spacial score (nSPS) is 24.8. The van der Waals surface area contributed by atoms with Crippen LogP contribution in [0, 0.1) is 11.8 Å². The van der Waals surface area contributed by atoms with Gasteiger partial charge in [-0.15, -0.1) is 0 Å². The number of esters is 1. The Kier molecular flexibility index (Phi) is 5.06. The topological polar surface area (TPSA) is 63.6 Å². The molecule has 2 aliphatic carbocycles. The number of fused-ring (bicyclic) bond motifs is 1. The van der Waals surface area contributed by atoms with Crippen LogP contribution < -0.4 is 0 Å². The first-order valence-corrected chi connectivity index (χ1v) is 10.7. The molecule has 2 aliphatic rings. The molecule has 4 nitrogen and oxygen atoms in total. The highest BCUT2D eigenvalue weighted by Crippen LogP contribution is 2.58. The van der Waals surface area contributed by atoms with Crippen LogP contribution in [-0.4, -0.2) is 23.1 Å². The van der Waals surface area contributed by atoms with Crippen molar-refractivity contribution in [3.63, 3.8) is 0 Å². The largest absolute Gasteiger partial charge is 0.481 e. The zero-order valence-electron chi connectivity index (χ0n) is 17.1. The standard InChI is InChI=1S/C27H24O4/c28-26(29)24-22(17-9-3-1-4-10-17)25(23(24)18-11-5-2-6-12-18)27(30)31-21-15-19-13-7-8-14-20(19)16-21/h1-14,21-25H,15-16H2,(H,28,29)/t22-,23-,24?,25?/m1/s1. The van der Waals surface area contributed by atoms with Gasteiger partial charge in [0.25, 0.3) is 0 Å². The maximum Gasteiger partial charge on any atom is 0.310 e. The number of hydrogen-bond acceptors (Lipinski definition) is 3. The molecular formula is C27H24O4. The minimum atomic E-state index is -0.875. The lowest BCUT2D eigenvalue weighted by Gasteiger charge is -2.49. The monoisotopic (exact) mass is 412 g/mol.